The molecule has 1 aromatic rings. The van der Waals surface area contributed by atoms with Gasteiger partial charge in [0, 0.05) is 12.1 Å². The van der Waals surface area contributed by atoms with Crippen LogP contribution in [0.4, 0.5) is 4.39 Å². The Bertz CT molecular complexity index is 346. The largest absolute Gasteiger partial charge is 0.329 e. The second-order valence-electron chi connectivity index (χ2n) is 4.61. The molecule has 1 atom stereocenters. The van der Waals surface area contributed by atoms with Gasteiger partial charge >= 0.3 is 0 Å². The van der Waals surface area contributed by atoms with E-state index in [1.54, 1.807) is 6.07 Å². The zero-order chi connectivity index (χ0) is 11.4. The van der Waals surface area contributed by atoms with Crippen molar-refractivity contribution in [3.8, 4) is 0 Å². The fraction of sp³-hybridized carbons (Fsp3) is 0.538. The maximum absolute atomic E-state index is 13.4. The van der Waals surface area contributed by atoms with Crippen LogP contribution < -0.4 is 11.1 Å². The van der Waals surface area contributed by atoms with Crippen LogP contribution in [0.1, 0.15) is 24.8 Å². The molecule has 1 aliphatic heterocycles. The molecular weight excluding hydrogens is 203 g/mol. The molecule has 1 heterocycles. The molecule has 1 saturated heterocycles. The summed E-state index contributed by atoms with van der Waals surface area (Å²) in [6, 6.07) is 6.99. The minimum atomic E-state index is -0.104. The highest BCUT2D eigenvalue weighted by Gasteiger charge is 2.31. The lowest BCUT2D eigenvalue weighted by Gasteiger charge is -2.27. The average molecular weight is 222 g/mol. The zero-order valence-electron chi connectivity index (χ0n) is 9.51. The van der Waals surface area contributed by atoms with Crippen LogP contribution in [0.15, 0.2) is 24.3 Å². The highest BCUT2D eigenvalue weighted by molar-refractivity contribution is 5.18. The topological polar surface area (TPSA) is 38.0 Å². The van der Waals surface area contributed by atoms with E-state index in [0.717, 1.165) is 31.4 Å². The Balaban J connectivity index is 1.98. The van der Waals surface area contributed by atoms with Gasteiger partial charge in [-0.05, 0) is 43.9 Å². The second kappa shape index (κ2) is 4.93. The summed E-state index contributed by atoms with van der Waals surface area (Å²) >= 11 is 0. The van der Waals surface area contributed by atoms with Crippen LogP contribution in [0.25, 0.3) is 0 Å². The van der Waals surface area contributed by atoms with Crippen LogP contribution in [-0.2, 0) is 6.42 Å². The fourth-order valence-electron chi connectivity index (χ4n) is 2.43. The molecule has 88 valence electrons. The molecule has 1 unspecified atom stereocenters. The van der Waals surface area contributed by atoms with Crippen molar-refractivity contribution < 1.29 is 4.39 Å². The summed E-state index contributed by atoms with van der Waals surface area (Å²) in [7, 11) is 0. The average Bonchev–Trinajstić information content (AvgIpc) is 2.78. The Morgan fingerprint density at radius 3 is 2.81 bits per heavy atom. The predicted octanol–water partition coefficient (Wildman–Crippen LogP) is 1.84. The third kappa shape index (κ3) is 2.42. The third-order valence-electron chi connectivity index (χ3n) is 3.55. The number of nitrogens with two attached hydrogens (primary N) is 1. The lowest BCUT2D eigenvalue weighted by molar-refractivity contribution is 0.356. The first-order valence-corrected chi connectivity index (χ1v) is 5.94. The first-order valence-electron chi connectivity index (χ1n) is 5.94. The van der Waals surface area contributed by atoms with Crippen LogP contribution in [0.5, 0.6) is 0 Å². The lowest BCUT2D eigenvalue weighted by Crippen LogP contribution is -2.47. The van der Waals surface area contributed by atoms with Crippen LogP contribution in [0, 0.1) is 5.82 Å². The number of benzene rings is 1. The van der Waals surface area contributed by atoms with Crippen molar-refractivity contribution in [1.82, 2.24) is 5.32 Å². The third-order valence-corrected chi connectivity index (χ3v) is 3.55. The second-order valence-corrected chi connectivity index (χ2v) is 4.61. The summed E-state index contributed by atoms with van der Waals surface area (Å²) < 4.78 is 13.4. The van der Waals surface area contributed by atoms with Crippen LogP contribution in [-0.4, -0.2) is 18.6 Å². The molecule has 1 aliphatic rings. The molecule has 1 fully saturated rings. The van der Waals surface area contributed by atoms with Crippen LogP contribution in [0.3, 0.4) is 0 Å². The Hall–Kier alpha value is -0.930. The molecule has 2 rings (SSSR count). The molecule has 3 heteroatoms. The summed E-state index contributed by atoms with van der Waals surface area (Å²) in [4.78, 5) is 0. The highest BCUT2D eigenvalue weighted by Crippen LogP contribution is 2.24. The normalized spacial score (nSPS) is 24.9. The molecule has 1 aromatic carbocycles. The molecule has 2 nitrogen and oxygen atoms in total. The molecule has 0 spiro atoms. The van der Waals surface area contributed by atoms with Crippen molar-refractivity contribution in [1.29, 1.82) is 0 Å². The van der Waals surface area contributed by atoms with E-state index in [-0.39, 0.29) is 11.4 Å². The summed E-state index contributed by atoms with van der Waals surface area (Å²) in [6.07, 6.45) is 3.97. The summed E-state index contributed by atoms with van der Waals surface area (Å²) in [5.74, 6) is -0.104. The van der Waals surface area contributed by atoms with Crippen molar-refractivity contribution in [2.75, 3.05) is 13.1 Å². The molecule has 0 saturated carbocycles. The van der Waals surface area contributed by atoms with Gasteiger partial charge in [-0.3, -0.25) is 0 Å². The van der Waals surface area contributed by atoms with Crippen molar-refractivity contribution in [3.05, 3.63) is 35.6 Å². The minimum Gasteiger partial charge on any atom is -0.329 e. The standard InChI is InChI=1S/C13H19FN2/c14-12-5-2-1-4-11(12)6-8-13(10-15)7-3-9-16-13/h1-2,4-5,16H,3,6-10,15H2. The van der Waals surface area contributed by atoms with Crippen LogP contribution >= 0.6 is 0 Å². The van der Waals surface area contributed by atoms with Crippen molar-refractivity contribution in [2.45, 2.75) is 31.2 Å². The molecular formula is C13H19FN2. The van der Waals surface area contributed by atoms with Crippen molar-refractivity contribution in [3.63, 3.8) is 0 Å². The summed E-state index contributed by atoms with van der Waals surface area (Å²) in [6.45, 7) is 1.68. The minimum absolute atomic E-state index is 0.0439. The number of halogens is 1. The first-order chi connectivity index (χ1) is 7.76. The summed E-state index contributed by atoms with van der Waals surface area (Å²) in [5, 5.41) is 3.46. The molecule has 0 amide bonds. The van der Waals surface area contributed by atoms with Gasteiger partial charge in [0.15, 0.2) is 0 Å². The molecule has 0 radical (unpaired) electrons. The molecule has 0 bridgehead atoms. The van der Waals surface area contributed by atoms with E-state index in [1.807, 2.05) is 12.1 Å². The maximum atomic E-state index is 13.4. The fourth-order valence-corrected chi connectivity index (χ4v) is 2.43. The monoisotopic (exact) mass is 222 g/mol. The number of rotatable bonds is 4. The number of hydrogen-bond acceptors (Lipinski definition) is 2. The van der Waals surface area contributed by atoms with E-state index in [4.69, 9.17) is 5.73 Å². The Labute approximate surface area is 96.0 Å². The Kier molecular flexibility index (Phi) is 3.56. The molecule has 16 heavy (non-hydrogen) atoms. The van der Waals surface area contributed by atoms with Crippen molar-refractivity contribution >= 4 is 0 Å². The Morgan fingerprint density at radius 1 is 1.38 bits per heavy atom. The molecule has 3 N–H and O–H groups in total. The van der Waals surface area contributed by atoms with E-state index >= 15 is 0 Å². The SMILES string of the molecule is NCC1(CCc2ccccc2F)CCCN1. The first kappa shape index (κ1) is 11.6. The zero-order valence-corrected chi connectivity index (χ0v) is 9.51. The molecule has 0 aliphatic carbocycles. The van der Waals surface area contributed by atoms with Gasteiger partial charge in [0.2, 0.25) is 0 Å². The van der Waals surface area contributed by atoms with Crippen molar-refractivity contribution in [2.24, 2.45) is 5.73 Å². The smallest absolute Gasteiger partial charge is 0.126 e. The lowest BCUT2D eigenvalue weighted by atomic mass is 9.90. The van der Waals surface area contributed by atoms with Gasteiger partial charge in [0.1, 0.15) is 5.82 Å². The van der Waals surface area contributed by atoms with Crippen LogP contribution in [0.2, 0.25) is 0 Å². The van der Waals surface area contributed by atoms with Gasteiger partial charge in [0.25, 0.3) is 0 Å². The Morgan fingerprint density at radius 2 is 2.19 bits per heavy atom. The number of aryl methyl sites for hydroxylation is 1. The van der Waals surface area contributed by atoms with Gasteiger partial charge in [-0.25, -0.2) is 4.39 Å². The van der Waals surface area contributed by atoms with E-state index in [2.05, 4.69) is 5.32 Å². The van der Waals surface area contributed by atoms with E-state index in [0.29, 0.717) is 6.54 Å². The molecule has 0 aromatic heterocycles. The van der Waals surface area contributed by atoms with Gasteiger partial charge in [-0.15, -0.1) is 0 Å². The van der Waals surface area contributed by atoms with Gasteiger partial charge < -0.3 is 11.1 Å². The van der Waals surface area contributed by atoms with E-state index < -0.39 is 0 Å². The number of nitrogens with one attached hydrogen (secondary N) is 1. The van der Waals surface area contributed by atoms with Gasteiger partial charge in [-0.1, -0.05) is 18.2 Å². The summed E-state index contributed by atoms with van der Waals surface area (Å²) in [5.41, 5.74) is 6.65. The maximum Gasteiger partial charge on any atom is 0.126 e. The van der Waals surface area contributed by atoms with E-state index in [9.17, 15) is 4.39 Å². The van der Waals surface area contributed by atoms with Gasteiger partial charge in [-0.2, -0.15) is 0 Å². The predicted molar refractivity (Wildman–Crippen MR) is 63.7 cm³/mol. The van der Waals surface area contributed by atoms with Gasteiger partial charge in [0.05, 0.1) is 0 Å². The number of hydrogen-bond donors (Lipinski definition) is 2. The highest BCUT2D eigenvalue weighted by atomic mass is 19.1. The van der Waals surface area contributed by atoms with E-state index in [1.165, 1.54) is 12.5 Å². The quantitative estimate of drug-likeness (QED) is 0.815.